The summed E-state index contributed by atoms with van der Waals surface area (Å²) >= 11 is 6.05. The summed E-state index contributed by atoms with van der Waals surface area (Å²) in [4.78, 5) is 16.8. The molecule has 162 valence electrons. The Morgan fingerprint density at radius 1 is 0.969 bits per heavy atom. The first-order valence-corrected chi connectivity index (χ1v) is 10.7. The molecular weight excluding hydrogens is 432 g/mol. The minimum absolute atomic E-state index is 0.269. The number of benzene rings is 1. The highest BCUT2D eigenvalue weighted by Crippen LogP contribution is 2.30. The number of pyridine rings is 2. The van der Waals surface area contributed by atoms with Crippen LogP contribution in [-0.4, -0.2) is 62.7 Å². The van der Waals surface area contributed by atoms with E-state index in [0.717, 1.165) is 33.7 Å². The zero-order valence-corrected chi connectivity index (χ0v) is 17.6. The molecule has 1 aromatic carbocycles. The zero-order chi connectivity index (χ0) is 21.7. The van der Waals surface area contributed by atoms with Gasteiger partial charge in [0.25, 0.3) is 0 Å². The molecule has 8 nitrogen and oxygen atoms in total. The van der Waals surface area contributed by atoms with Crippen LogP contribution in [-0.2, 0) is 9.47 Å². The Hall–Kier alpha value is -3.04. The molecule has 0 spiro atoms. The number of ether oxygens (including phenoxy) is 3. The number of aromatic amines is 1. The molecule has 6 rings (SSSR count). The maximum atomic E-state index is 9.85. The van der Waals surface area contributed by atoms with E-state index in [-0.39, 0.29) is 24.9 Å². The normalized spacial score (nSPS) is 24.7. The molecule has 0 unspecified atom stereocenters. The predicted molar refractivity (Wildman–Crippen MR) is 117 cm³/mol. The topological polar surface area (TPSA) is 102 Å². The number of nitrogens with zero attached hydrogens (tertiary/aromatic N) is 3. The second kappa shape index (κ2) is 7.83. The van der Waals surface area contributed by atoms with Gasteiger partial charge in [0.1, 0.15) is 24.1 Å². The number of fused-ring (bicyclic) bond motifs is 2. The minimum atomic E-state index is -0.602. The van der Waals surface area contributed by atoms with Crippen molar-refractivity contribution in [2.24, 2.45) is 0 Å². The number of imidazole rings is 1. The molecule has 5 heterocycles. The van der Waals surface area contributed by atoms with Gasteiger partial charge in [-0.15, -0.1) is 0 Å². The van der Waals surface area contributed by atoms with Gasteiger partial charge in [-0.2, -0.15) is 0 Å². The second-order valence-corrected chi connectivity index (χ2v) is 8.32. The Balaban J connectivity index is 1.17. The van der Waals surface area contributed by atoms with E-state index in [9.17, 15) is 5.11 Å². The molecule has 0 saturated carbocycles. The molecule has 0 bridgehead atoms. The van der Waals surface area contributed by atoms with E-state index >= 15 is 0 Å². The molecule has 9 heteroatoms. The molecule has 2 fully saturated rings. The van der Waals surface area contributed by atoms with Gasteiger partial charge in [-0.1, -0.05) is 11.6 Å². The third kappa shape index (κ3) is 3.51. The van der Waals surface area contributed by atoms with Gasteiger partial charge in [-0.3, -0.25) is 4.98 Å². The number of halogens is 1. The fraction of sp³-hybridized carbons (Fsp3) is 0.261. The van der Waals surface area contributed by atoms with Crippen molar-refractivity contribution in [3.63, 3.8) is 0 Å². The SMILES string of the molecule is O[C@@H]1CO[C@H]2[C@@H]1OC[C@H]2Oc1ccc(-c2ccc(-c3nc4cc(Cl)ccc4[nH]3)cn2)cn1. The summed E-state index contributed by atoms with van der Waals surface area (Å²) in [7, 11) is 0. The molecule has 4 aromatic rings. The third-order valence-electron chi connectivity index (χ3n) is 5.77. The van der Waals surface area contributed by atoms with Crippen LogP contribution in [0, 0.1) is 0 Å². The molecule has 0 aliphatic carbocycles. The van der Waals surface area contributed by atoms with E-state index in [2.05, 4.69) is 19.9 Å². The maximum Gasteiger partial charge on any atom is 0.213 e. The lowest BCUT2D eigenvalue weighted by atomic mass is 10.1. The van der Waals surface area contributed by atoms with E-state index in [1.54, 1.807) is 18.5 Å². The van der Waals surface area contributed by atoms with E-state index in [1.807, 2.05) is 36.4 Å². The molecule has 2 saturated heterocycles. The number of hydrogen-bond acceptors (Lipinski definition) is 7. The van der Waals surface area contributed by atoms with Crippen molar-refractivity contribution in [1.82, 2.24) is 19.9 Å². The van der Waals surface area contributed by atoms with Gasteiger partial charge in [0, 0.05) is 34.6 Å². The standard InChI is InChI=1S/C23H19ClN4O4/c24-14-3-5-16-17(7-14)28-23(27-16)13-1-4-15(25-9-13)12-2-6-20(26-8-12)32-19-11-31-21-18(29)10-30-22(19)21/h1-9,18-19,21-22,29H,10-11H2,(H,27,28)/t18-,19-,21-,22-/m1/s1. The first kappa shape index (κ1) is 19.6. The van der Waals surface area contributed by atoms with Crippen LogP contribution in [0.4, 0.5) is 0 Å². The van der Waals surface area contributed by atoms with Gasteiger partial charge in [-0.05, 0) is 36.4 Å². The Morgan fingerprint density at radius 3 is 2.62 bits per heavy atom. The summed E-state index contributed by atoms with van der Waals surface area (Å²) in [6.07, 6.45) is 2.01. The average Bonchev–Trinajstić information content (AvgIpc) is 3.51. The zero-order valence-electron chi connectivity index (χ0n) is 16.8. The number of hydrogen-bond donors (Lipinski definition) is 2. The Kier molecular flexibility index (Phi) is 4.80. The summed E-state index contributed by atoms with van der Waals surface area (Å²) in [6.45, 7) is 0.637. The van der Waals surface area contributed by atoms with Gasteiger partial charge in [-0.25, -0.2) is 9.97 Å². The molecule has 2 aliphatic rings. The summed E-state index contributed by atoms with van der Waals surface area (Å²) < 4.78 is 17.1. The largest absolute Gasteiger partial charge is 0.469 e. The summed E-state index contributed by atoms with van der Waals surface area (Å²) in [5.74, 6) is 1.21. The van der Waals surface area contributed by atoms with E-state index in [4.69, 9.17) is 25.8 Å². The predicted octanol–water partition coefficient (Wildman–Crippen LogP) is 3.25. The lowest BCUT2D eigenvalue weighted by Gasteiger charge is -2.17. The first-order chi connectivity index (χ1) is 15.6. The lowest BCUT2D eigenvalue weighted by Crippen LogP contribution is -2.34. The number of aliphatic hydroxyl groups excluding tert-OH is 1. The third-order valence-corrected chi connectivity index (χ3v) is 6.00. The van der Waals surface area contributed by atoms with Gasteiger partial charge >= 0.3 is 0 Å². The Morgan fingerprint density at radius 2 is 1.81 bits per heavy atom. The highest BCUT2D eigenvalue weighted by atomic mass is 35.5. The number of H-pyrrole nitrogens is 1. The van der Waals surface area contributed by atoms with Gasteiger partial charge in [0.05, 0.1) is 29.9 Å². The molecule has 2 aliphatic heterocycles. The van der Waals surface area contributed by atoms with Crippen LogP contribution in [0.1, 0.15) is 0 Å². The van der Waals surface area contributed by atoms with Crippen molar-refractivity contribution in [1.29, 1.82) is 0 Å². The van der Waals surface area contributed by atoms with E-state index < -0.39 is 6.10 Å². The molecule has 32 heavy (non-hydrogen) atoms. The summed E-state index contributed by atoms with van der Waals surface area (Å²) in [6, 6.07) is 13.2. The minimum Gasteiger partial charge on any atom is -0.469 e. The van der Waals surface area contributed by atoms with Crippen molar-refractivity contribution in [2.75, 3.05) is 13.2 Å². The highest BCUT2D eigenvalue weighted by Gasteiger charge is 2.48. The Labute approximate surface area is 188 Å². The molecule has 2 N–H and O–H groups in total. The number of aromatic nitrogens is 4. The molecule has 0 radical (unpaired) electrons. The Bertz CT molecular complexity index is 1260. The van der Waals surface area contributed by atoms with Gasteiger partial charge in [0.2, 0.25) is 5.88 Å². The fourth-order valence-electron chi connectivity index (χ4n) is 4.12. The molecule has 0 amide bonds. The maximum absolute atomic E-state index is 9.85. The van der Waals surface area contributed by atoms with Crippen LogP contribution >= 0.6 is 11.6 Å². The van der Waals surface area contributed by atoms with Crippen LogP contribution in [0.3, 0.4) is 0 Å². The van der Waals surface area contributed by atoms with E-state index in [1.165, 1.54) is 0 Å². The van der Waals surface area contributed by atoms with Crippen molar-refractivity contribution < 1.29 is 19.3 Å². The smallest absolute Gasteiger partial charge is 0.213 e. The lowest BCUT2D eigenvalue weighted by molar-refractivity contribution is 0.00780. The summed E-state index contributed by atoms with van der Waals surface area (Å²) in [5.41, 5.74) is 4.27. The van der Waals surface area contributed by atoms with Gasteiger partial charge < -0.3 is 24.3 Å². The van der Waals surface area contributed by atoms with Crippen LogP contribution in [0.5, 0.6) is 5.88 Å². The molecular formula is C23H19ClN4O4. The monoisotopic (exact) mass is 450 g/mol. The number of nitrogens with one attached hydrogen (secondary N) is 1. The van der Waals surface area contributed by atoms with E-state index in [0.29, 0.717) is 17.5 Å². The van der Waals surface area contributed by atoms with Gasteiger partial charge in [0.15, 0.2) is 6.10 Å². The highest BCUT2D eigenvalue weighted by molar-refractivity contribution is 6.31. The quantitative estimate of drug-likeness (QED) is 0.492. The van der Waals surface area contributed by atoms with Crippen LogP contribution in [0.25, 0.3) is 33.7 Å². The molecule has 3 aromatic heterocycles. The average molecular weight is 451 g/mol. The van der Waals surface area contributed by atoms with Crippen LogP contribution < -0.4 is 4.74 Å². The fourth-order valence-corrected chi connectivity index (χ4v) is 4.29. The van der Waals surface area contributed by atoms with Crippen molar-refractivity contribution in [3.05, 3.63) is 59.9 Å². The first-order valence-electron chi connectivity index (χ1n) is 10.3. The van der Waals surface area contributed by atoms with Crippen LogP contribution in [0.15, 0.2) is 54.9 Å². The summed E-state index contributed by atoms with van der Waals surface area (Å²) in [5, 5.41) is 10.5. The van der Waals surface area contributed by atoms with Crippen molar-refractivity contribution in [3.8, 4) is 28.5 Å². The van der Waals surface area contributed by atoms with Crippen LogP contribution in [0.2, 0.25) is 5.02 Å². The number of aliphatic hydroxyl groups is 1. The van der Waals surface area contributed by atoms with Crippen molar-refractivity contribution in [2.45, 2.75) is 24.4 Å². The second-order valence-electron chi connectivity index (χ2n) is 7.88. The number of rotatable bonds is 4. The van der Waals surface area contributed by atoms with Crippen molar-refractivity contribution >= 4 is 22.6 Å². The molecule has 4 atom stereocenters.